The van der Waals surface area contributed by atoms with E-state index < -0.39 is 21.9 Å². The quantitative estimate of drug-likeness (QED) is 0.636. The van der Waals surface area contributed by atoms with E-state index in [2.05, 4.69) is 26.7 Å². The normalized spacial score (nSPS) is 30.0. The van der Waals surface area contributed by atoms with Crippen molar-refractivity contribution in [3.05, 3.63) is 53.6 Å². The van der Waals surface area contributed by atoms with Crippen LogP contribution in [-0.2, 0) is 10.0 Å². The predicted molar refractivity (Wildman–Crippen MR) is 110 cm³/mol. The maximum absolute atomic E-state index is 13.7. The molecule has 1 saturated heterocycles. The van der Waals surface area contributed by atoms with E-state index in [0.29, 0.717) is 24.9 Å². The third-order valence-electron chi connectivity index (χ3n) is 7.35. The van der Waals surface area contributed by atoms with Crippen molar-refractivity contribution in [2.24, 2.45) is 23.2 Å². The van der Waals surface area contributed by atoms with Gasteiger partial charge in [-0.25, -0.2) is 17.5 Å². The molecule has 1 aliphatic heterocycles. The Bertz CT molecular complexity index is 1160. The molecule has 0 spiro atoms. The first kappa shape index (κ1) is 20.6. The monoisotopic (exact) mass is 465 g/mol. The van der Waals surface area contributed by atoms with Crippen LogP contribution in [0.4, 0.5) is 4.39 Å². The number of fused-ring (bicyclic) bond motifs is 4. The molecule has 2 saturated carbocycles. The number of halogens is 2. The summed E-state index contributed by atoms with van der Waals surface area (Å²) in [6.45, 7) is 5.01. The number of hydrogen-bond acceptors (Lipinski definition) is 5. The fraction of sp³-hybridized carbons (Fsp3) is 0.450. The second-order valence-electron chi connectivity index (χ2n) is 8.50. The average Bonchev–Trinajstić information content (AvgIpc) is 3.38. The van der Waals surface area contributed by atoms with Gasteiger partial charge < -0.3 is 4.90 Å². The van der Waals surface area contributed by atoms with Gasteiger partial charge in [0.2, 0.25) is 10.0 Å². The third kappa shape index (κ3) is 2.95. The minimum Gasteiger partial charge on any atom is -0.337 e. The van der Waals surface area contributed by atoms with Crippen LogP contribution in [0.1, 0.15) is 23.3 Å². The summed E-state index contributed by atoms with van der Waals surface area (Å²) >= 11 is 6.03. The number of H-pyrrole nitrogens is 1. The van der Waals surface area contributed by atoms with Crippen molar-refractivity contribution in [2.45, 2.75) is 23.8 Å². The second-order valence-corrected chi connectivity index (χ2v) is 10.6. The fourth-order valence-electron chi connectivity index (χ4n) is 5.94. The first-order valence-electron chi connectivity index (χ1n) is 10.0. The maximum atomic E-state index is 13.7. The van der Waals surface area contributed by atoms with Gasteiger partial charge in [-0.15, -0.1) is 6.58 Å². The molecule has 2 aliphatic carbocycles. The Hall–Kier alpha value is -2.30. The Morgan fingerprint density at radius 2 is 2.23 bits per heavy atom. The molecule has 8 nitrogen and oxygen atoms in total. The summed E-state index contributed by atoms with van der Waals surface area (Å²) in [7, 11) is -4.06. The number of hydrogen-bond donors (Lipinski definition) is 2. The number of benzene rings is 1. The maximum Gasteiger partial charge on any atom is 0.276 e. The second kappa shape index (κ2) is 7.11. The molecule has 164 valence electrons. The van der Waals surface area contributed by atoms with Crippen LogP contribution < -0.4 is 4.72 Å². The van der Waals surface area contributed by atoms with Gasteiger partial charge in [0.05, 0.1) is 11.2 Å². The van der Waals surface area contributed by atoms with E-state index in [1.165, 1.54) is 12.3 Å². The van der Waals surface area contributed by atoms with Crippen molar-refractivity contribution in [3.8, 4) is 0 Å². The topological polar surface area (TPSA) is 108 Å². The highest BCUT2D eigenvalue weighted by atomic mass is 35.5. The van der Waals surface area contributed by atoms with Gasteiger partial charge in [-0.05, 0) is 54.2 Å². The Kier molecular flexibility index (Phi) is 4.72. The zero-order chi connectivity index (χ0) is 22.0. The number of carbonyl (C=O) groups excluding carboxylic acids is 1. The Morgan fingerprint density at radius 1 is 1.42 bits per heavy atom. The van der Waals surface area contributed by atoms with Gasteiger partial charge in [0.15, 0.2) is 5.69 Å². The molecule has 11 heteroatoms. The highest BCUT2D eigenvalue weighted by molar-refractivity contribution is 7.89. The number of nitrogens with zero attached hydrogens (tertiary/aromatic N) is 3. The third-order valence-corrected chi connectivity index (χ3v) is 9.27. The number of nitrogens with one attached hydrogen (secondary N) is 2. The van der Waals surface area contributed by atoms with Gasteiger partial charge in [-0.1, -0.05) is 17.7 Å². The first-order valence-corrected chi connectivity index (χ1v) is 11.9. The molecule has 2 unspecified atom stereocenters. The van der Waals surface area contributed by atoms with Crippen LogP contribution in [-0.4, -0.2) is 53.8 Å². The lowest BCUT2D eigenvalue weighted by atomic mass is 9.36. The van der Waals surface area contributed by atoms with Crippen LogP contribution in [0, 0.1) is 29.0 Å². The Balaban J connectivity index is 1.39. The van der Waals surface area contributed by atoms with Crippen LogP contribution in [0.2, 0.25) is 5.02 Å². The lowest BCUT2D eigenvalue weighted by molar-refractivity contribution is -0.186. The highest BCUT2D eigenvalue weighted by Gasteiger charge is 2.71. The molecule has 2 heterocycles. The largest absolute Gasteiger partial charge is 0.337 e. The summed E-state index contributed by atoms with van der Waals surface area (Å²) in [4.78, 5) is 14.2. The molecule has 0 radical (unpaired) electrons. The van der Waals surface area contributed by atoms with E-state index in [0.717, 1.165) is 25.0 Å². The van der Waals surface area contributed by atoms with Crippen LogP contribution in [0.5, 0.6) is 0 Å². The molecule has 31 heavy (non-hydrogen) atoms. The predicted octanol–water partition coefficient (Wildman–Crippen LogP) is 2.23. The van der Waals surface area contributed by atoms with Gasteiger partial charge >= 0.3 is 0 Å². The molecule has 1 aromatic heterocycles. The Morgan fingerprint density at radius 3 is 2.87 bits per heavy atom. The van der Waals surface area contributed by atoms with Gasteiger partial charge in [0.25, 0.3) is 5.91 Å². The van der Waals surface area contributed by atoms with Crippen molar-refractivity contribution in [1.29, 1.82) is 0 Å². The van der Waals surface area contributed by atoms with E-state index in [1.54, 1.807) is 11.0 Å². The smallest absolute Gasteiger partial charge is 0.276 e. The molecule has 5 rings (SSSR count). The molecule has 2 aromatic rings. The lowest BCUT2D eigenvalue weighted by Crippen LogP contribution is -2.70. The summed E-state index contributed by atoms with van der Waals surface area (Å²) in [5.74, 6) is -0.104. The number of aromatic nitrogens is 3. The van der Waals surface area contributed by atoms with Crippen molar-refractivity contribution < 1.29 is 17.6 Å². The summed E-state index contributed by atoms with van der Waals surface area (Å²) in [5.41, 5.74) is -0.0394. The number of likely N-dealkylation sites (tertiary alicyclic amines) is 1. The summed E-state index contributed by atoms with van der Waals surface area (Å²) in [5, 5.41) is 9.98. The summed E-state index contributed by atoms with van der Waals surface area (Å²) in [6.07, 6.45) is 4.81. The van der Waals surface area contributed by atoms with E-state index in [1.807, 2.05) is 0 Å². The number of rotatable bonds is 6. The molecule has 3 fully saturated rings. The Labute approximate surface area is 183 Å². The molecule has 3 aliphatic rings. The van der Waals surface area contributed by atoms with Crippen LogP contribution in [0.3, 0.4) is 0 Å². The standard InChI is InChI=1S/C20H21ClFN5O3S/c1-2-18(25-31(29,30)17-7-11(22)3-4-15(17)21)20-6-5-13(20)12-9-27(10-14(12)20)19(28)16-8-23-26-24-16/h2-4,7-8,12-14,18,25H,1,5-6,9-10H2,(H,23,24,26)/t12-,13-,14-,18?,20?/m1/s1. The molecule has 2 N–H and O–H groups in total. The minimum absolute atomic E-state index is 0.0453. The molecular formula is C20H21ClFN5O3S. The van der Waals surface area contributed by atoms with Gasteiger partial charge in [0.1, 0.15) is 10.7 Å². The van der Waals surface area contributed by atoms with Gasteiger partial charge in [-0.3, -0.25) is 4.79 Å². The van der Waals surface area contributed by atoms with Crippen LogP contribution in [0.15, 0.2) is 41.9 Å². The number of aromatic amines is 1. The van der Waals surface area contributed by atoms with Crippen molar-refractivity contribution in [2.75, 3.05) is 13.1 Å². The SMILES string of the molecule is C=CC(NS(=O)(=O)c1cc(F)ccc1Cl)C12CC[C@@H]1[C@H]1CN(C(=O)c3cn[nH]n3)C[C@H]12. The lowest BCUT2D eigenvalue weighted by Gasteiger charge is -2.69. The zero-order valence-electron chi connectivity index (χ0n) is 16.5. The van der Waals surface area contributed by atoms with E-state index in [9.17, 15) is 17.6 Å². The van der Waals surface area contributed by atoms with Crippen LogP contribution >= 0.6 is 11.6 Å². The average molecular weight is 466 g/mol. The molecule has 0 bridgehead atoms. The first-order chi connectivity index (χ1) is 14.8. The van der Waals surface area contributed by atoms with Crippen molar-refractivity contribution in [1.82, 2.24) is 25.0 Å². The van der Waals surface area contributed by atoms with E-state index in [-0.39, 0.29) is 32.9 Å². The van der Waals surface area contributed by atoms with Crippen LogP contribution in [0.25, 0.3) is 0 Å². The summed E-state index contributed by atoms with van der Waals surface area (Å²) in [6, 6.07) is 2.71. The number of amides is 1. The number of carbonyl (C=O) groups is 1. The summed E-state index contributed by atoms with van der Waals surface area (Å²) < 4.78 is 42.4. The highest BCUT2D eigenvalue weighted by Crippen LogP contribution is 2.71. The zero-order valence-corrected chi connectivity index (χ0v) is 18.0. The van der Waals surface area contributed by atoms with E-state index >= 15 is 0 Å². The molecule has 1 amide bonds. The van der Waals surface area contributed by atoms with Crippen molar-refractivity contribution in [3.63, 3.8) is 0 Å². The molecular weight excluding hydrogens is 445 g/mol. The fourth-order valence-corrected chi connectivity index (χ4v) is 7.74. The molecule has 1 aromatic carbocycles. The molecule has 5 atom stereocenters. The number of sulfonamides is 1. The van der Waals surface area contributed by atoms with Crippen molar-refractivity contribution >= 4 is 27.5 Å². The van der Waals surface area contributed by atoms with E-state index in [4.69, 9.17) is 11.6 Å². The van der Waals surface area contributed by atoms with Gasteiger partial charge in [-0.2, -0.15) is 15.4 Å². The van der Waals surface area contributed by atoms with Gasteiger partial charge in [0, 0.05) is 19.1 Å². The minimum atomic E-state index is -4.06.